The molecule has 0 aliphatic carbocycles. The quantitative estimate of drug-likeness (QED) is 0.331. The minimum Gasteiger partial charge on any atom is -0.324 e. The minimum absolute atomic E-state index is 0.0713. The first-order valence-electron chi connectivity index (χ1n) is 11.4. The van der Waals surface area contributed by atoms with Crippen LogP contribution in [0.15, 0.2) is 67.3 Å². The van der Waals surface area contributed by atoms with E-state index in [0.717, 1.165) is 22.3 Å². The van der Waals surface area contributed by atoms with Gasteiger partial charge in [0.05, 0.1) is 28.8 Å². The normalized spacial score (nSPS) is 11.4. The highest BCUT2D eigenvalue weighted by molar-refractivity contribution is 5.95. The molecule has 0 unspecified atom stereocenters. The molecule has 10 heteroatoms. The van der Waals surface area contributed by atoms with Gasteiger partial charge in [-0.2, -0.15) is 5.10 Å². The van der Waals surface area contributed by atoms with Gasteiger partial charge in [-0.3, -0.25) is 19.9 Å². The van der Waals surface area contributed by atoms with E-state index < -0.39 is 0 Å². The zero-order valence-electron chi connectivity index (χ0n) is 19.5. The molecule has 0 atom stereocenters. The molecule has 6 heterocycles. The molecule has 0 saturated heterocycles. The largest absolute Gasteiger partial charge is 0.324 e. The Hall–Kier alpha value is -4.99. The number of carbonyl (C=O) groups excluding carboxylic acids is 1. The molecule has 176 valence electrons. The molecule has 0 aliphatic rings. The van der Waals surface area contributed by atoms with E-state index >= 15 is 0 Å². The molecule has 6 aromatic rings. The summed E-state index contributed by atoms with van der Waals surface area (Å²) < 4.78 is 0. The lowest BCUT2D eigenvalue weighted by atomic mass is 10.1. The lowest BCUT2D eigenvalue weighted by Crippen LogP contribution is -2.17. The van der Waals surface area contributed by atoms with Crippen molar-refractivity contribution < 1.29 is 4.79 Å². The minimum atomic E-state index is -0.131. The Morgan fingerprint density at radius 1 is 0.944 bits per heavy atom. The molecule has 0 radical (unpaired) electrons. The summed E-state index contributed by atoms with van der Waals surface area (Å²) in [6, 6.07) is 13.3. The number of carbonyl (C=O) groups is 1. The van der Waals surface area contributed by atoms with Crippen molar-refractivity contribution in [3.8, 4) is 34.0 Å². The number of H-pyrrole nitrogens is 2. The van der Waals surface area contributed by atoms with Gasteiger partial charge in [0.2, 0.25) is 5.91 Å². The highest BCUT2D eigenvalue weighted by atomic mass is 16.1. The number of anilines is 1. The van der Waals surface area contributed by atoms with Gasteiger partial charge in [-0.1, -0.05) is 19.9 Å². The molecule has 6 rings (SSSR count). The molecular weight excluding hydrogens is 454 g/mol. The molecule has 0 aromatic carbocycles. The number of imidazole rings is 1. The number of aromatic amines is 2. The van der Waals surface area contributed by atoms with E-state index in [2.05, 4.69) is 35.5 Å². The van der Waals surface area contributed by atoms with Crippen LogP contribution < -0.4 is 5.32 Å². The highest BCUT2D eigenvalue weighted by Crippen LogP contribution is 2.30. The van der Waals surface area contributed by atoms with E-state index in [0.29, 0.717) is 39.6 Å². The number of nitrogens with one attached hydrogen (secondary N) is 3. The van der Waals surface area contributed by atoms with Gasteiger partial charge < -0.3 is 10.3 Å². The third-order valence-corrected chi connectivity index (χ3v) is 5.78. The molecule has 36 heavy (non-hydrogen) atoms. The number of nitrogens with zero attached hydrogens (tertiary/aromatic N) is 6. The van der Waals surface area contributed by atoms with Crippen LogP contribution >= 0.6 is 0 Å². The zero-order valence-corrected chi connectivity index (χ0v) is 19.5. The Morgan fingerprint density at radius 2 is 1.86 bits per heavy atom. The molecule has 0 aliphatic heterocycles. The SMILES string of the molecule is CC(C)C(=O)Nc1cncc(-c2ccc3[nH]nc(-c4nc5c(-c6ccccn6)ccnc5[nH]4)c3n2)c1. The number of fused-ring (bicyclic) bond motifs is 2. The third kappa shape index (κ3) is 3.84. The van der Waals surface area contributed by atoms with Crippen molar-refractivity contribution in [2.75, 3.05) is 5.32 Å². The fraction of sp³-hybridized carbons (Fsp3) is 0.115. The maximum Gasteiger partial charge on any atom is 0.226 e. The number of aromatic nitrogens is 8. The number of rotatable bonds is 5. The maximum atomic E-state index is 12.1. The molecular formula is C26H21N9O. The standard InChI is InChI=1S/C26H21N9O/c1-14(2)26(36)30-16-11-15(12-27-13-16)18-6-7-20-22(31-18)23(35-34-20)25-32-21-17(8-10-29-24(21)33-25)19-5-3-4-9-28-19/h3-14H,1-2H3,(H,30,36)(H,34,35)(H,29,32,33). The summed E-state index contributed by atoms with van der Waals surface area (Å²) in [5, 5.41) is 10.4. The monoisotopic (exact) mass is 475 g/mol. The molecule has 0 spiro atoms. The van der Waals surface area contributed by atoms with E-state index in [1.807, 2.05) is 56.3 Å². The molecule has 6 aromatic heterocycles. The zero-order chi connectivity index (χ0) is 24.6. The molecule has 0 fully saturated rings. The number of amides is 1. The molecule has 3 N–H and O–H groups in total. The van der Waals surface area contributed by atoms with Crippen LogP contribution in [0, 0.1) is 5.92 Å². The van der Waals surface area contributed by atoms with Crippen molar-refractivity contribution in [1.82, 2.24) is 40.1 Å². The second-order valence-corrected chi connectivity index (χ2v) is 8.63. The average molecular weight is 476 g/mol. The molecule has 1 amide bonds. The van der Waals surface area contributed by atoms with Gasteiger partial charge in [-0.25, -0.2) is 15.0 Å². The number of hydrogen-bond donors (Lipinski definition) is 3. The predicted octanol–water partition coefficient (Wildman–Crippen LogP) is 4.61. The van der Waals surface area contributed by atoms with Crippen LogP contribution in [0.2, 0.25) is 0 Å². The third-order valence-electron chi connectivity index (χ3n) is 5.78. The average Bonchev–Trinajstić information content (AvgIpc) is 3.53. The van der Waals surface area contributed by atoms with Crippen LogP contribution in [-0.4, -0.2) is 46.0 Å². The Bertz CT molecular complexity index is 1720. The van der Waals surface area contributed by atoms with Gasteiger partial charge in [-0.05, 0) is 36.4 Å². The van der Waals surface area contributed by atoms with Gasteiger partial charge in [0.1, 0.15) is 11.0 Å². The molecule has 0 bridgehead atoms. The smallest absolute Gasteiger partial charge is 0.226 e. The second-order valence-electron chi connectivity index (χ2n) is 8.63. The van der Waals surface area contributed by atoms with Crippen LogP contribution in [0.5, 0.6) is 0 Å². The van der Waals surface area contributed by atoms with Gasteiger partial charge >= 0.3 is 0 Å². The first kappa shape index (κ1) is 21.5. The van der Waals surface area contributed by atoms with Crippen molar-refractivity contribution in [2.45, 2.75) is 13.8 Å². The summed E-state index contributed by atoms with van der Waals surface area (Å²) in [5.74, 6) is 0.346. The van der Waals surface area contributed by atoms with E-state index in [1.54, 1.807) is 24.8 Å². The van der Waals surface area contributed by atoms with Crippen molar-refractivity contribution in [1.29, 1.82) is 0 Å². The predicted molar refractivity (Wildman–Crippen MR) is 137 cm³/mol. The lowest BCUT2D eigenvalue weighted by Gasteiger charge is -2.08. The number of hydrogen-bond acceptors (Lipinski definition) is 7. The summed E-state index contributed by atoms with van der Waals surface area (Å²) in [5.41, 5.74) is 7.12. The summed E-state index contributed by atoms with van der Waals surface area (Å²) in [6.07, 6.45) is 6.81. The summed E-state index contributed by atoms with van der Waals surface area (Å²) >= 11 is 0. The fourth-order valence-corrected chi connectivity index (χ4v) is 3.91. The van der Waals surface area contributed by atoms with Crippen LogP contribution in [0.4, 0.5) is 5.69 Å². The van der Waals surface area contributed by atoms with Crippen molar-refractivity contribution in [2.24, 2.45) is 5.92 Å². The highest BCUT2D eigenvalue weighted by Gasteiger charge is 2.18. The first-order chi connectivity index (χ1) is 17.6. The van der Waals surface area contributed by atoms with E-state index in [1.165, 1.54) is 0 Å². The van der Waals surface area contributed by atoms with Crippen molar-refractivity contribution >= 4 is 33.8 Å². The van der Waals surface area contributed by atoms with Crippen LogP contribution in [0.3, 0.4) is 0 Å². The van der Waals surface area contributed by atoms with E-state index in [-0.39, 0.29) is 11.8 Å². The molecule has 10 nitrogen and oxygen atoms in total. The first-order valence-corrected chi connectivity index (χ1v) is 11.4. The molecule has 0 saturated carbocycles. The fourth-order valence-electron chi connectivity index (χ4n) is 3.91. The van der Waals surface area contributed by atoms with Crippen LogP contribution in [0.25, 0.3) is 56.2 Å². The lowest BCUT2D eigenvalue weighted by molar-refractivity contribution is -0.118. The van der Waals surface area contributed by atoms with Crippen molar-refractivity contribution in [3.05, 3.63) is 67.3 Å². The van der Waals surface area contributed by atoms with Gasteiger partial charge in [0, 0.05) is 35.6 Å². The Kier molecular flexibility index (Phi) is 5.18. The second kappa shape index (κ2) is 8.66. The number of pyridine rings is 4. The Morgan fingerprint density at radius 3 is 2.69 bits per heavy atom. The van der Waals surface area contributed by atoms with E-state index in [9.17, 15) is 4.79 Å². The van der Waals surface area contributed by atoms with Gasteiger partial charge in [-0.15, -0.1) is 0 Å². The van der Waals surface area contributed by atoms with Gasteiger partial charge in [0.25, 0.3) is 0 Å². The Balaban J connectivity index is 1.41. The van der Waals surface area contributed by atoms with Gasteiger partial charge in [0.15, 0.2) is 17.2 Å². The van der Waals surface area contributed by atoms with Crippen molar-refractivity contribution in [3.63, 3.8) is 0 Å². The van der Waals surface area contributed by atoms with Crippen LogP contribution in [-0.2, 0) is 4.79 Å². The topological polar surface area (TPSA) is 138 Å². The van der Waals surface area contributed by atoms with E-state index in [4.69, 9.17) is 9.97 Å². The maximum absolute atomic E-state index is 12.1. The Labute approximate surface area is 205 Å². The van der Waals surface area contributed by atoms with Crippen LogP contribution in [0.1, 0.15) is 13.8 Å². The summed E-state index contributed by atoms with van der Waals surface area (Å²) in [4.78, 5) is 38.2. The summed E-state index contributed by atoms with van der Waals surface area (Å²) in [6.45, 7) is 3.69. The summed E-state index contributed by atoms with van der Waals surface area (Å²) in [7, 11) is 0.